The average molecular weight is 321 g/mol. The zero-order chi connectivity index (χ0) is 17.3. The SMILES string of the molecule is Cc1ccc(/C=C2\C(=O)N(CC(=O)O)C(=O)c3ccccc32)cc1. The van der Waals surface area contributed by atoms with Crippen LogP contribution in [0.3, 0.4) is 0 Å². The van der Waals surface area contributed by atoms with Crippen LogP contribution in [0.15, 0.2) is 48.5 Å². The van der Waals surface area contributed by atoms with Gasteiger partial charge in [0.25, 0.3) is 11.8 Å². The van der Waals surface area contributed by atoms with Crippen LogP contribution in [0.2, 0.25) is 0 Å². The van der Waals surface area contributed by atoms with Crippen molar-refractivity contribution in [1.82, 2.24) is 4.90 Å². The topological polar surface area (TPSA) is 74.7 Å². The first-order chi connectivity index (χ1) is 11.5. The molecular weight excluding hydrogens is 306 g/mol. The summed E-state index contributed by atoms with van der Waals surface area (Å²) >= 11 is 0. The monoisotopic (exact) mass is 321 g/mol. The summed E-state index contributed by atoms with van der Waals surface area (Å²) < 4.78 is 0. The van der Waals surface area contributed by atoms with E-state index in [1.165, 1.54) is 0 Å². The number of carbonyl (C=O) groups excluding carboxylic acids is 2. The lowest BCUT2D eigenvalue weighted by atomic mass is 9.92. The first-order valence-electron chi connectivity index (χ1n) is 7.43. The Morgan fingerprint density at radius 3 is 2.25 bits per heavy atom. The average Bonchev–Trinajstić information content (AvgIpc) is 2.57. The molecule has 2 amide bonds. The fourth-order valence-corrected chi connectivity index (χ4v) is 2.65. The molecule has 0 saturated heterocycles. The second-order valence-corrected chi connectivity index (χ2v) is 5.60. The molecule has 0 radical (unpaired) electrons. The van der Waals surface area contributed by atoms with E-state index in [1.807, 2.05) is 31.2 Å². The Kier molecular flexibility index (Phi) is 4.00. The lowest BCUT2D eigenvalue weighted by molar-refractivity contribution is -0.141. The standard InChI is InChI=1S/C19H15NO4/c1-12-6-8-13(9-7-12)10-16-14-4-2-3-5-15(14)18(23)20(19(16)24)11-17(21)22/h2-10H,11H2,1H3,(H,21,22)/b16-10-. The highest BCUT2D eigenvalue weighted by Crippen LogP contribution is 2.30. The van der Waals surface area contributed by atoms with Gasteiger partial charge in [0.1, 0.15) is 6.54 Å². The molecule has 0 saturated carbocycles. The number of carboxylic acids is 1. The Hall–Kier alpha value is -3.21. The van der Waals surface area contributed by atoms with Crippen LogP contribution in [0.5, 0.6) is 0 Å². The minimum atomic E-state index is -1.23. The number of carbonyl (C=O) groups is 3. The Bertz CT molecular complexity index is 865. The molecule has 0 fully saturated rings. The quantitative estimate of drug-likeness (QED) is 0.696. The van der Waals surface area contributed by atoms with E-state index in [0.717, 1.165) is 16.0 Å². The van der Waals surface area contributed by atoms with Crippen LogP contribution in [-0.2, 0) is 9.59 Å². The van der Waals surface area contributed by atoms with E-state index in [-0.39, 0.29) is 0 Å². The number of aryl methyl sites for hydroxylation is 1. The van der Waals surface area contributed by atoms with Gasteiger partial charge in [-0.25, -0.2) is 0 Å². The largest absolute Gasteiger partial charge is 0.480 e. The maximum Gasteiger partial charge on any atom is 0.323 e. The first kappa shape index (κ1) is 15.7. The number of aliphatic carboxylic acids is 1. The lowest BCUT2D eigenvalue weighted by Gasteiger charge is -2.27. The molecule has 120 valence electrons. The van der Waals surface area contributed by atoms with Gasteiger partial charge in [-0.2, -0.15) is 0 Å². The van der Waals surface area contributed by atoms with Crippen molar-refractivity contribution in [1.29, 1.82) is 0 Å². The lowest BCUT2D eigenvalue weighted by Crippen LogP contribution is -2.44. The summed E-state index contributed by atoms with van der Waals surface area (Å²) in [5.41, 5.74) is 3.07. The van der Waals surface area contributed by atoms with Crippen molar-refractivity contribution in [3.8, 4) is 0 Å². The predicted molar refractivity (Wildman–Crippen MR) is 89.2 cm³/mol. The van der Waals surface area contributed by atoms with Gasteiger partial charge in [-0.15, -0.1) is 0 Å². The molecule has 1 heterocycles. The zero-order valence-electron chi connectivity index (χ0n) is 13.0. The molecule has 1 aliphatic rings. The fourth-order valence-electron chi connectivity index (χ4n) is 2.65. The Labute approximate surface area is 138 Å². The van der Waals surface area contributed by atoms with E-state index in [1.54, 1.807) is 30.3 Å². The van der Waals surface area contributed by atoms with Crippen molar-refractivity contribution < 1.29 is 19.5 Å². The van der Waals surface area contributed by atoms with Crippen LogP contribution < -0.4 is 0 Å². The highest BCUT2D eigenvalue weighted by molar-refractivity contribution is 6.34. The van der Waals surface area contributed by atoms with Gasteiger partial charge in [0.15, 0.2) is 0 Å². The van der Waals surface area contributed by atoms with Gasteiger partial charge >= 0.3 is 5.97 Å². The Balaban J connectivity index is 2.14. The molecule has 0 aliphatic carbocycles. The molecular formula is C19H15NO4. The second kappa shape index (κ2) is 6.12. The van der Waals surface area contributed by atoms with E-state index in [9.17, 15) is 14.4 Å². The molecule has 2 aromatic carbocycles. The van der Waals surface area contributed by atoms with Crippen LogP contribution in [-0.4, -0.2) is 34.3 Å². The summed E-state index contributed by atoms with van der Waals surface area (Å²) in [6.45, 7) is 1.31. The van der Waals surface area contributed by atoms with Gasteiger partial charge in [-0.05, 0) is 30.2 Å². The molecule has 5 nitrogen and oxygen atoms in total. The summed E-state index contributed by atoms with van der Waals surface area (Å²) in [6.07, 6.45) is 1.68. The molecule has 0 spiro atoms. The molecule has 0 unspecified atom stereocenters. The maximum atomic E-state index is 12.7. The second-order valence-electron chi connectivity index (χ2n) is 5.60. The highest BCUT2D eigenvalue weighted by atomic mass is 16.4. The third-order valence-corrected chi connectivity index (χ3v) is 3.85. The summed E-state index contributed by atoms with van der Waals surface area (Å²) in [6, 6.07) is 14.3. The van der Waals surface area contributed by atoms with Crippen LogP contribution in [0.4, 0.5) is 0 Å². The van der Waals surface area contributed by atoms with Crippen molar-refractivity contribution in [2.75, 3.05) is 6.54 Å². The molecule has 5 heteroatoms. The number of fused-ring (bicyclic) bond motifs is 1. The van der Waals surface area contributed by atoms with Gasteiger partial charge in [0.2, 0.25) is 0 Å². The van der Waals surface area contributed by atoms with E-state index in [4.69, 9.17) is 5.11 Å². The molecule has 0 atom stereocenters. The highest BCUT2D eigenvalue weighted by Gasteiger charge is 2.35. The first-order valence-corrected chi connectivity index (χ1v) is 7.43. The third-order valence-electron chi connectivity index (χ3n) is 3.85. The number of nitrogens with zero attached hydrogens (tertiary/aromatic N) is 1. The summed E-state index contributed by atoms with van der Waals surface area (Å²) in [5, 5.41) is 8.99. The summed E-state index contributed by atoms with van der Waals surface area (Å²) in [4.78, 5) is 36.9. The minimum absolute atomic E-state index is 0.315. The van der Waals surface area contributed by atoms with Crippen molar-refractivity contribution in [3.63, 3.8) is 0 Å². The van der Waals surface area contributed by atoms with E-state index < -0.39 is 24.3 Å². The van der Waals surface area contributed by atoms with Crippen LogP contribution >= 0.6 is 0 Å². The Morgan fingerprint density at radius 1 is 1.00 bits per heavy atom. The van der Waals surface area contributed by atoms with Crippen LogP contribution in [0.1, 0.15) is 27.0 Å². The van der Waals surface area contributed by atoms with Gasteiger partial charge in [0, 0.05) is 11.1 Å². The smallest absolute Gasteiger partial charge is 0.323 e. The number of carboxylic acid groups (broad SMARTS) is 1. The van der Waals surface area contributed by atoms with Crippen LogP contribution in [0.25, 0.3) is 11.6 Å². The van der Waals surface area contributed by atoms with Crippen molar-refractivity contribution in [2.45, 2.75) is 6.92 Å². The van der Waals surface area contributed by atoms with Gasteiger partial charge < -0.3 is 5.11 Å². The summed E-state index contributed by atoms with van der Waals surface area (Å²) in [5.74, 6) is -2.41. The fraction of sp³-hybridized carbons (Fsp3) is 0.105. The molecule has 24 heavy (non-hydrogen) atoms. The number of hydrogen-bond donors (Lipinski definition) is 1. The third kappa shape index (κ3) is 2.84. The number of imide groups is 1. The van der Waals surface area contributed by atoms with E-state index in [2.05, 4.69) is 0 Å². The van der Waals surface area contributed by atoms with Gasteiger partial charge in [-0.3, -0.25) is 19.3 Å². The Morgan fingerprint density at radius 2 is 1.62 bits per heavy atom. The number of rotatable bonds is 3. The zero-order valence-corrected chi connectivity index (χ0v) is 13.0. The molecule has 1 aliphatic heterocycles. The van der Waals surface area contributed by atoms with Crippen molar-refractivity contribution >= 4 is 29.4 Å². The molecule has 0 bridgehead atoms. The van der Waals surface area contributed by atoms with Crippen molar-refractivity contribution in [3.05, 3.63) is 70.8 Å². The van der Waals surface area contributed by atoms with Crippen LogP contribution in [0, 0.1) is 6.92 Å². The molecule has 2 aromatic rings. The molecule has 0 aromatic heterocycles. The van der Waals surface area contributed by atoms with Gasteiger partial charge in [0.05, 0.1) is 0 Å². The maximum absolute atomic E-state index is 12.7. The number of benzene rings is 2. The van der Waals surface area contributed by atoms with Crippen molar-refractivity contribution in [2.24, 2.45) is 0 Å². The summed E-state index contributed by atoms with van der Waals surface area (Å²) in [7, 11) is 0. The van der Waals surface area contributed by atoms with Gasteiger partial charge in [-0.1, -0.05) is 48.0 Å². The number of amides is 2. The normalized spacial score (nSPS) is 15.5. The molecule has 1 N–H and O–H groups in total. The predicted octanol–water partition coefficient (Wildman–Crippen LogP) is 2.60. The minimum Gasteiger partial charge on any atom is -0.480 e. The van der Waals surface area contributed by atoms with E-state index >= 15 is 0 Å². The van der Waals surface area contributed by atoms with E-state index in [0.29, 0.717) is 16.7 Å². The molecule has 3 rings (SSSR count). The number of hydrogen-bond acceptors (Lipinski definition) is 3.